The molecule has 0 aliphatic heterocycles. The third-order valence-electron chi connectivity index (χ3n) is 4.43. The zero-order chi connectivity index (χ0) is 19.4. The SMILES string of the molecule is COC(Cc1ccccc1)c1cccc(C(Cl)(Cl)Cl)c1-c1ccc(F)cc1. The number of hydrogen-bond donors (Lipinski definition) is 0. The van der Waals surface area contributed by atoms with Gasteiger partial charge in [0.1, 0.15) is 5.82 Å². The van der Waals surface area contributed by atoms with E-state index in [1.54, 1.807) is 25.3 Å². The lowest BCUT2D eigenvalue weighted by atomic mass is 9.89. The summed E-state index contributed by atoms with van der Waals surface area (Å²) >= 11 is 18.7. The van der Waals surface area contributed by atoms with Gasteiger partial charge in [-0.3, -0.25) is 0 Å². The molecule has 0 amide bonds. The highest BCUT2D eigenvalue weighted by molar-refractivity contribution is 6.67. The van der Waals surface area contributed by atoms with Gasteiger partial charge in [-0.05, 0) is 34.4 Å². The van der Waals surface area contributed by atoms with Crippen molar-refractivity contribution < 1.29 is 9.13 Å². The number of methoxy groups -OCH3 is 1. The molecule has 0 saturated heterocycles. The van der Waals surface area contributed by atoms with E-state index in [4.69, 9.17) is 39.5 Å². The van der Waals surface area contributed by atoms with Crippen LogP contribution in [0.4, 0.5) is 4.39 Å². The molecule has 3 rings (SSSR count). The lowest BCUT2D eigenvalue weighted by Gasteiger charge is -2.24. The summed E-state index contributed by atoms with van der Waals surface area (Å²) < 4.78 is 17.6. The molecule has 3 aromatic rings. The first-order chi connectivity index (χ1) is 12.9. The topological polar surface area (TPSA) is 9.23 Å². The molecule has 0 fully saturated rings. The third-order valence-corrected chi connectivity index (χ3v) is 5.04. The Morgan fingerprint density at radius 2 is 1.56 bits per heavy atom. The Kier molecular flexibility index (Phi) is 6.44. The number of halogens is 4. The van der Waals surface area contributed by atoms with Crippen molar-refractivity contribution in [1.29, 1.82) is 0 Å². The molecule has 0 saturated carbocycles. The van der Waals surface area contributed by atoms with E-state index in [0.29, 0.717) is 12.0 Å². The van der Waals surface area contributed by atoms with Gasteiger partial charge in [0.25, 0.3) is 0 Å². The van der Waals surface area contributed by atoms with Gasteiger partial charge in [-0.2, -0.15) is 0 Å². The predicted molar refractivity (Wildman–Crippen MR) is 111 cm³/mol. The van der Waals surface area contributed by atoms with Gasteiger partial charge in [-0.15, -0.1) is 0 Å². The maximum Gasteiger partial charge on any atom is 0.216 e. The average Bonchev–Trinajstić information content (AvgIpc) is 2.66. The molecule has 3 aromatic carbocycles. The quantitative estimate of drug-likeness (QED) is 0.393. The molecular weight excluding hydrogens is 406 g/mol. The fourth-order valence-corrected chi connectivity index (χ4v) is 3.63. The summed E-state index contributed by atoms with van der Waals surface area (Å²) in [7, 11) is 1.66. The Bertz CT molecular complexity index is 890. The van der Waals surface area contributed by atoms with Crippen LogP contribution in [0.25, 0.3) is 11.1 Å². The number of hydrogen-bond acceptors (Lipinski definition) is 1. The minimum Gasteiger partial charge on any atom is -0.376 e. The van der Waals surface area contributed by atoms with E-state index in [1.807, 2.05) is 42.5 Å². The van der Waals surface area contributed by atoms with Crippen LogP contribution < -0.4 is 0 Å². The molecule has 0 radical (unpaired) electrons. The third kappa shape index (κ3) is 4.83. The Morgan fingerprint density at radius 3 is 2.15 bits per heavy atom. The van der Waals surface area contributed by atoms with E-state index in [1.165, 1.54) is 12.1 Å². The van der Waals surface area contributed by atoms with Crippen molar-refractivity contribution in [3.8, 4) is 11.1 Å². The van der Waals surface area contributed by atoms with Crippen molar-refractivity contribution in [1.82, 2.24) is 0 Å². The molecule has 0 aliphatic carbocycles. The van der Waals surface area contributed by atoms with Gasteiger partial charge in [-0.1, -0.05) is 95.5 Å². The molecule has 0 aliphatic rings. The maximum absolute atomic E-state index is 13.4. The first kappa shape index (κ1) is 20.2. The summed E-state index contributed by atoms with van der Waals surface area (Å²) in [6, 6.07) is 21.8. The Morgan fingerprint density at radius 1 is 0.889 bits per heavy atom. The van der Waals surface area contributed by atoms with E-state index in [2.05, 4.69) is 0 Å². The number of benzene rings is 3. The van der Waals surface area contributed by atoms with Gasteiger partial charge in [-0.25, -0.2) is 4.39 Å². The zero-order valence-electron chi connectivity index (χ0n) is 14.6. The van der Waals surface area contributed by atoms with E-state index >= 15 is 0 Å². The van der Waals surface area contributed by atoms with Crippen LogP contribution in [0.5, 0.6) is 0 Å². The molecule has 1 atom stereocenters. The lowest BCUT2D eigenvalue weighted by Crippen LogP contribution is -2.11. The van der Waals surface area contributed by atoms with Crippen molar-refractivity contribution >= 4 is 34.8 Å². The standard InChI is InChI=1S/C22H18Cl3FO/c1-27-20(14-15-6-3-2-4-7-15)18-8-5-9-19(22(23,24)25)21(18)16-10-12-17(26)13-11-16/h2-13,20H,14H2,1H3. The largest absolute Gasteiger partial charge is 0.376 e. The Balaban J connectivity index is 2.15. The van der Waals surface area contributed by atoms with E-state index in [9.17, 15) is 4.39 Å². The minimum atomic E-state index is -1.62. The molecule has 0 aromatic heterocycles. The molecular formula is C22H18Cl3FO. The van der Waals surface area contributed by atoms with Gasteiger partial charge in [0, 0.05) is 19.1 Å². The maximum atomic E-state index is 13.4. The molecule has 1 nitrogen and oxygen atoms in total. The van der Waals surface area contributed by atoms with Gasteiger partial charge in [0.2, 0.25) is 3.79 Å². The van der Waals surface area contributed by atoms with Crippen molar-refractivity contribution in [3.63, 3.8) is 0 Å². The fourth-order valence-electron chi connectivity index (χ4n) is 3.16. The second kappa shape index (κ2) is 8.62. The van der Waals surface area contributed by atoms with Crippen LogP contribution in [-0.2, 0) is 15.0 Å². The Hall–Kier alpha value is -1.58. The second-order valence-electron chi connectivity index (χ2n) is 6.19. The summed E-state index contributed by atoms with van der Waals surface area (Å²) in [5.41, 5.74) is 4.07. The molecule has 27 heavy (non-hydrogen) atoms. The number of rotatable bonds is 5. The molecule has 140 valence electrons. The highest BCUT2D eigenvalue weighted by Crippen LogP contribution is 2.46. The predicted octanol–water partition coefficient (Wildman–Crippen LogP) is 7.25. The highest BCUT2D eigenvalue weighted by atomic mass is 35.6. The lowest BCUT2D eigenvalue weighted by molar-refractivity contribution is 0.104. The summed E-state index contributed by atoms with van der Waals surface area (Å²) in [5, 5.41) is 0. The summed E-state index contributed by atoms with van der Waals surface area (Å²) in [5.74, 6) is -0.320. The van der Waals surface area contributed by atoms with Crippen LogP contribution in [0.3, 0.4) is 0 Å². The number of alkyl halides is 3. The molecule has 5 heteroatoms. The van der Waals surface area contributed by atoms with Crippen molar-refractivity contribution in [2.45, 2.75) is 16.3 Å². The Labute approximate surface area is 173 Å². The van der Waals surface area contributed by atoms with Gasteiger partial charge < -0.3 is 4.74 Å². The molecule has 0 spiro atoms. The second-order valence-corrected chi connectivity index (χ2v) is 8.47. The molecule has 1 unspecified atom stereocenters. The van der Waals surface area contributed by atoms with Crippen LogP contribution in [0.15, 0.2) is 72.8 Å². The van der Waals surface area contributed by atoms with E-state index < -0.39 is 3.79 Å². The van der Waals surface area contributed by atoms with Gasteiger partial charge in [0.05, 0.1) is 6.10 Å². The zero-order valence-corrected chi connectivity index (χ0v) is 16.9. The summed E-state index contributed by atoms with van der Waals surface area (Å²) in [6.45, 7) is 0. The molecule has 0 bridgehead atoms. The average molecular weight is 424 g/mol. The first-order valence-corrected chi connectivity index (χ1v) is 9.56. The van der Waals surface area contributed by atoms with E-state index in [0.717, 1.165) is 22.3 Å². The molecule has 0 heterocycles. The summed E-state index contributed by atoms with van der Waals surface area (Å²) in [4.78, 5) is 0. The van der Waals surface area contributed by atoms with E-state index in [-0.39, 0.29) is 11.9 Å². The minimum absolute atomic E-state index is 0.250. The number of ether oxygens (including phenoxy) is 1. The van der Waals surface area contributed by atoms with Gasteiger partial charge in [0.15, 0.2) is 0 Å². The van der Waals surface area contributed by atoms with Crippen LogP contribution in [-0.4, -0.2) is 7.11 Å². The first-order valence-electron chi connectivity index (χ1n) is 8.43. The van der Waals surface area contributed by atoms with Crippen LogP contribution in [0.1, 0.15) is 22.8 Å². The van der Waals surface area contributed by atoms with Crippen molar-refractivity contribution in [2.75, 3.05) is 7.11 Å². The van der Waals surface area contributed by atoms with Crippen LogP contribution in [0.2, 0.25) is 0 Å². The summed E-state index contributed by atoms with van der Waals surface area (Å²) in [6.07, 6.45) is 0.411. The van der Waals surface area contributed by atoms with Crippen LogP contribution >= 0.6 is 34.8 Å². The van der Waals surface area contributed by atoms with Crippen LogP contribution in [0, 0.1) is 5.82 Å². The normalized spacial score (nSPS) is 12.8. The van der Waals surface area contributed by atoms with Crippen molar-refractivity contribution in [2.24, 2.45) is 0 Å². The fraction of sp³-hybridized carbons (Fsp3) is 0.182. The van der Waals surface area contributed by atoms with Crippen molar-refractivity contribution in [3.05, 3.63) is 95.3 Å². The van der Waals surface area contributed by atoms with Gasteiger partial charge >= 0.3 is 0 Å². The monoisotopic (exact) mass is 422 g/mol. The molecule has 0 N–H and O–H groups in total. The highest BCUT2D eigenvalue weighted by Gasteiger charge is 2.30. The smallest absolute Gasteiger partial charge is 0.216 e.